The lowest BCUT2D eigenvalue weighted by atomic mass is 10.2. The molecular weight excluding hydrogens is 290 g/mol. The maximum absolute atomic E-state index is 6.21. The Bertz CT molecular complexity index is 544. The lowest BCUT2D eigenvalue weighted by molar-refractivity contribution is 0.860. The van der Waals surface area contributed by atoms with E-state index in [0.29, 0.717) is 0 Å². The Labute approximate surface area is 129 Å². The number of anilines is 2. The van der Waals surface area contributed by atoms with Crippen LogP contribution in [0.4, 0.5) is 10.8 Å². The zero-order chi connectivity index (χ0) is 14.5. The molecule has 1 heterocycles. The highest BCUT2D eigenvalue weighted by molar-refractivity contribution is 7.15. The van der Waals surface area contributed by atoms with E-state index in [1.807, 2.05) is 18.3 Å². The van der Waals surface area contributed by atoms with E-state index in [4.69, 9.17) is 11.6 Å². The van der Waals surface area contributed by atoms with Crippen LogP contribution in [-0.4, -0.2) is 18.1 Å². The summed E-state index contributed by atoms with van der Waals surface area (Å²) in [5.41, 5.74) is 2.16. The average Bonchev–Trinajstić information content (AvgIpc) is 2.88. The summed E-state index contributed by atoms with van der Waals surface area (Å²) in [6, 6.07) is 5.93. The monoisotopic (exact) mass is 309 g/mol. The number of nitrogens with one attached hydrogen (secondary N) is 1. The molecule has 2 aromatic rings. The molecule has 0 atom stereocenters. The highest BCUT2D eigenvalue weighted by Gasteiger charge is 2.08. The molecule has 0 bridgehead atoms. The van der Waals surface area contributed by atoms with Gasteiger partial charge in [-0.2, -0.15) is 0 Å². The number of para-hydroxylation sites is 1. The van der Waals surface area contributed by atoms with Crippen LogP contribution in [0.15, 0.2) is 24.4 Å². The third-order valence-corrected chi connectivity index (χ3v) is 4.61. The van der Waals surface area contributed by atoms with Crippen molar-refractivity contribution in [2.45, 2.75) is 27.3 Å². The number of halogens is 1. The van der Waals surface area contributed by atoms with Crippen LogP contribution < -0.4 is 10.2 Å². The zero-order valence-electron chi connectivity index (χ0n) is 12.1. The third kappa shape index (κ3) is 3.44. The number of hydrogen-bond donors (Lipinski definition) is 1. The Kier molecular flexibility index (Phi) is 5.26. The summed E-state index contributed by atoms with van der Waals surface area (Å²) in [6.07, 6.45) is 1.94. The molecule has 1 N–H and O–H groups in total. The molecule has 2 rings (SSSR count). The molecule has 0 aliphatic rings. The van der Waals surface area contributed by atoms with E-state index in [1.54, 1.807) is 11.3 Å². The average molecular weight is 310 g/mol. The van der Waals surface area contributed by atoms with Gasteiger partial charge in [-0.15, -0.1) is 11.3 Å². The molecule has 0 unspecified atom stereocenters. The number of thiazole rings is 1. The molecule has 20 heavy (non-hydrogen) atoms. The number of hydrogen-bond acceptors (Lipinski definition) is 4. The van der Waals surface area contributed by atoms with Gasteiger partial charge >= 0.3 is 0 Å². The third-order valence-electron chi connectivity index (χ3n) is 3.24. The Hall–Kier alpha value is -1.26. The minimum atomic E-state index is 0.753. The van der Waals surface area contributed by atoms with Crippen LogP contribution in [-0.2, 0) is 6.54 Å². The normalized spacial score (nSPS) is 10.6. The van der Waals surface area contributed by atoms with Crippen LogP contribution in [0.3, 0.4) is 0 Å². The standard InChI is InChI=1S/C15H20ClN3S/c1-4-19(5-2)15-18-10-12(20-15)9-17-14-11(3)7-6-8-13(14)16/h6-8,10,17H,4-5,9H2,1-3H3. The van der Waals surface area contributed by atoms with Gasteiger partial charge in [0.25, 0.3) is 0 Å². The molecule has 108 valence electrons. The van der Waals surface area contributed by atoms with Crippen molar-refractivity contribution < 1.29 is 0 Å². The van der Waals surface area contributed by atoms with Gasteiger partial charge in [0.05, 0.1) is 17.3 Å². The van der Waals surface area contributed by atoms with Crippen molar-refractivity contribution in [2.24, 2.45) is 0 Å². The summed E-state index contributed by atoms with van der Waals surface area (Å²) >= 11 is 7.94. The topological polar surface area (TPSA) is 28.2 Å². The van der Waals surface area contributed by atoms with E-state index in [0.717, 1.165) is 41.0 Å². The van der Waals surface area contributed by atoms with Crippen molar-refractivity contribution >= 4 is 33.8 Å². The second-order valence-electron chi connectivity index (χ2n) is 4.57. The second kappa shape index (κ2) is 6.95. The summed E-state index contributed by atoms with van der Waals surface area (Å²) in [4.78, 5) is 7.96. The van der Waals surface area contributed by atoms with E-state index in [2.05, 4.69) is 42.0 Å². The summed E-state index contributed by atoms with van der Waals surface area (Å²) in [5.74, 6) is 0. The van der Waals surface area contributed by atoms with E-state index in [-0.39, 0.29) is 0 Å². The second-order valence-corrected chi connectivity index (χ2v) is 6.07. The maximum atomic E-state index is 6.21. The summed E-state index contributed by atoms with van der Waals surface area (Å²) in [7, 11) is 0. The molecule has 0 saturated carbocycles. The summed E-state index contributed by atoms with van der Waals surface area (Å²) < 4.78 is 0. The van der Waals surface area contributed by atoms with Crippen molar-refractivity contribution in [2.75, 3.05) is 23.3 Å². The first-order chi connectivity index (χ1) is 9.65. The Morgan fingerprint density at radius 3 is 2.70 bits per heavy atom. The lowest BCUT2D eigenvalue weighted by Gasteiger charge is -2.16. The molecule has 0 radical (unpaired) electrons. The van der Waals surface area contributed by atoms with Crippen molar-refractivity contribution in [3.8, 4) is 0 Å². The van der Waals surface area contributed by atoms with E-state index < -0.39 is 0 Å². The fraction of sp³-hybridized carbons (Fsp3) is 0.400. The largest absolute Gasteiger partial charge is 0.379 e. The molecule has 0 aliphatic carbocycles. The number of nitrogens with zero attached hydrogens (tertiary/aromatic N) is 2. The smallest absolute Gasteiger partial charge is 0.185 e. The van der Waals surface area contributed by atoms with Crippen LogP contribution in [0.2, 0.25) is 5.02 Å². The molecule has 0 fully saturated rings. The van der Waals surface area contributed by atoms with Gasteiger partial charge in [-0.1, -0.05) is 23.7 Å². The quantitative estimate of drug-likeness (QED) is 0.847. The lowest BCUT2D eigenvalue weighted by Crippen LogP contribution is -2.21. The minimum absolute atomic E-state index is 0.753. The van der Waals surface area contributed by atoms with Crippen LogP contribution in [0.5, 0.6) is 0 Å². The van der Waals surface area contributed by atoms with Gasteiger partial charge in [-0.25, -0.2) is 4.98 Å². The molecule has 1 aromatic carbocycles. The predicted molar refractivity (Wildman–Crippen MR) is 89.2 cm³/mol. The summed E-state index contributed by atoms with van der Waals surface area (Å²) in [5, 5.41) is 5.25. The fourth-order valence-corrected chi connectivity index (χ4v) is 3.32. The van der Waals surface area contributed by atoms with Gasteiger partial charge in [0, 0.05) is 24.2 Å². The predicted octanol–water partition coefficient (Wildman–Crippen LogP) is 4.56. The maximum Gasteiger partial charge on any atom is 0.185 e. The van der Waals surface area contributed by atoms with E-state index in [9.17, 15) is 0 Å². The summed E-state index contributed by atoms with van der Waals surface area (Å²) in [6.45, 7) is 9.08. The molecule has 0 aliphatic heterocycles. The number of benzene rings is 1. The molecule has 0 saturated heterocycles. The fourth-order valence-electron chi connectivity index (χ4n) is 2.05. The molecule has 3 nitrogen and oxygen atoms in total. The first-order valence-corrected chi connectivity index (χ1v) is 8.03. The SMILES string of the molecule is CCN(CC)c1ncc(CNc2c(C)cccc2Cl)s1. The number of aryl methyl sites for hydroxylation is 1. The first-order valence-electron chi connectivity index (χ1n) is 6.84. The number of rotatable bonds is 6. The van der Waals surface area contributed by atoms with Gasteiger partial charge in [0.1, 0.15) is 0 Å². The van der Waals surface area contributed by atoms with Gasteiger partial charge in [-0.3, -0.25) is 0 Å². The van der Waals surface area contributed by atoms with Crippen LogP contribution in [0, 0.1) is 6.92 Å². The first kappa shape index (κ1) is 15.1. The van der Waals surface area contributed by atoms with Crippen molar-refractivity contribution in [1.82, 2.24) is 4.98 Å². The Morgan fingerprint density at radius 1 is 1.30 bits per heavy atom. The molecule has 1 aromatic heterocycles. The highest BCUT2D eigenvalue weighted by atomic mass is 35.5. The van der Waals surface area contributed by atoms with Gasteiger partial charge in [0.15, 0.2) is 5.13 Å². The zero-order valence-corrected chi connectivity index (χ0v) is 13.7. The Balaban J connectivity index is 2.05. The van der Waals surface area contributed by atoms with Gasteiger partial charge in [-0.05, 0) is 32.4 Å². The van der Waals surface area contributed by atoms with Crippen LogP contribution in [0.25, 0.3) is 0 Å². The molecule has 0 amide bonds. The number of aromatic nitrogens is 1. The Morgan fingerprint density at radius 2 is 2.05 bits per heavy atom. The van der Waals surface area contributed by atoms with Crippen molar-refractivity contribution in [3.05, 3.63) is 39.9 Å². The molecule has 0 spiro atoms. The van der Waals surface area contributed by atoms with Crippen molar-refractivity contribution in [3.63, 3.8) is 0 Å². The molecule has 5 heteroatoms. The molecular formula is C15H20ClN3S. The van der Waals surface area contributed by atoms with Crippen molar-refractivity contribution in [1.29, 1.82) is 0 Å². The minimum Gasteiger partial charge on any atom is -0.379 e. The van der Waals surface area contributed by atoms with E-state index >= 15 is 0 Å². The van der Waals surface area contributed by atoms with Gasteiger partial charge in [0.2, 0.25) is 0 Å². The van der Waals surface area contributed by atoms with E-state index in [1.165, 1.54) is 4.88 Å². The van der Waals surface area contributed by atoms with Crippen LogP contribution >= 0.6 is 22.9 Å². The van der Waals surface area contributed by atoms with Crippen LogP contribution in [0.1, 0.15) is 24.3 Å². The highest BCUT2D eigenvalue weighted by Crippen LogP contribution is 2.27. The van der Waals surface area contributed by atoms with Gasteiger partial charge < -0.3 is 10.2 Å².